The highest BCUT2D eigenvalue weighted by molar-refractivity contribution is 7.98. The SMILES string of the molecule is CSCCCNC(=O)Nc1ccc2nc(C(C)C)[nH]c2c1. The average molecular weight is 306 g/mol. The van der Waals surface area contributed by atoms with E-state index in [1.165, 1.54) is 0 Å². The molecule has 21 heavy (non-hydrogen) atoms. The molecule has 0 saturated heterocycles. The first-order chi connectivity index (χ1) is 10.1. The molecule has 1 heterocycles. The van der Waals surface area contributed by atoms with E-state index in [0.29, 0.717) is 12.5 Å². The molecule has 0 atom stereocenters. The van der Waals surface area contributed by atoms with Gasteiger partial charge in [0.15, 0.2) is 0 Å². The standard InChI is InChI=1S/C15H22N4OS/c1-10(2)14-18-12-6-5-11(9-13(12)19-14)17-15(20)16-7-4-8-21-3/h5-6,9-10H,4,7-8H2,1-3H3,(H,18,19)(H2,16,17,20). The van der Waals surface area contributed by atoms with Crippen LogP contribution in [0.25, 0.3) is 11.0 Å². The van der Waals surface area contributed by atoms with Crippen molar-refractivity contribution in [3.05, 3.63) is 24.0 Å². The van der Waals surface area contributed by atoms with E-state index in [9.17, 15) is 4.79 Å². The van der Waals surface area contributed by atoms with Crippen LogP contribution in [0, 0.1) is 0 Å². The Balaban J connectivity index is 1.97. The number of hydrogen-bond acceptors (Lipinski definition) is 3. The van der Waals surface area contributed by atoms with E-state index in [1.807, 2.05) is 18.2 Å². The van der Waals surface area contributed by atoms with E-state index in [1.54, 1.807) is 11.8 Å². The highest BCUT2D eigenvalue weighted by Gasteiger charge is 2.08. The zero-order chi connectivity index (χ0) is 15.2. The molecule has 2 amide bonds. The topological polar surface area (TPSA) is 69.8 Å². The number of amides is 2. The lowest BCUT2D eigenvalue weighted by Gasteiger charge is -2.07. The van der Waals surface area contributed by atoms with Crippen molar-refractivity contribution in [2.24, 2.45) is 0 Å². The summed E-state index contributed by atoms with van der Waals surface area (Å²) in [7, 11) is 0. The van der Waals surface area contributed by atoms with Gasteiger partial charge in [0.2, 0.25) is 0 Å². The molecule has 2 rings (SSSR count). The number of rotatable bonds is 6. The number of anilines is 1. The maximum atomic E-state index is 11.8. The third-order valence-corrected chi connectivity index (χ3v) is 3.81. The first-order valence-corrected chi connectivity index (χ1v) is 8.53. The van der Waals surface area contributed by atoms with Gasteiger partial charge in [-0.2, -0.15) is 11.8 Å². The summed E-state index contributed by atoms with van der Waals surface area (Å²) in [5.41, 5.74) is 2.63. The molecule has 114 valence electrons. The number of nitrogens with zero attached hydrogens (tertiary/aromatic N) is 1. The highest BCUT2D eigenvalue weighted by Crippen LogP contribution is 2.20. The van der Waals surface area contributed by atoms with Gasteiger partial charge < -0.3 is 15.6 Å². The van der Waals surface area contributed by atoms with Crippen LogP contribution in [0.1, 0.15) is 32.0 Å². The Labute approximate surface area is 129 Å². The molecule has 6 heteroatoms. The van der Waals surface area contributed by atoms with E-state index in [4.69, 9.17) is 0 Å². The number of H-pyrrole nitrogens is 1. The number of thioether (sulfide) groups is 1. The van der Waals surface area contributed by atoms with E-state index >= 15 is 0 Å². The Morgan fingerprint density at radius 2 is 2.24 bits per heavy atom. The third kappa shape index (κ3) is 4.39. The minimum absolute atomic E-state index is 0.168. The van der Waals surface area contributed by atoms with Crippen molar-refractivity contribution in [1.82, 2.24) is 15.3 Å². The largest absolute Gasteiger partial charge is 0.342 e. The van der Waals surface area contributed by atoms with Crippen LogP contribution in [0.3, 0.4) is 0 Å². The van der Waals surface area contributed by atoms with Gasteiger partial charge in [0, 0.05) is 18.2 Å². The lowest BCUT2D eigenvalue weighted by Crippen LogP contribution is -2.29. The third-order valence-electron chi connectivity index (χ3n) is 3.12. The fourth-order valence-electron chi connectivity index (χ4n) is 1.97. The zero-order valence-corrected chi connectivity index (χ0v) is 13.5. The second kappa shape index (κ2) is 7.36. The molecule has 0 aliphatic rings. The van der Waals surface area contributed by atoms with Crippen molar-refractivity contribution < 1.29 is 4.79 Å². The van der Waals surface area contributed by atoms with Gasteiger partial charge in [-0.3, -0.25) is 0 Å². The molecule has 0 unspecified atom stereocenters. The van der Waals surface area contributed by atoms with E-state index in [-0.39, 0.29) is 6.03 Å². The molecule has 0 radical (unpaired) electrons. The number of benzene rings is 1. The molecular formula is C15H22N4OS. The smallest absolute Gasteiger partial charge is 0.319 e. The van der Waals surface area contributed by atoms with Crippen molar-refractivity contribution in [1.29, 1.82) is 0 Å². The van der Waals surface area contributed by atoms with Crippen LogP contribution < -0.4 is 10.6 Å². The molecule has 0 aliphatic carbocycles. The van der Waals surface area contributed by atoms with Crippen LogP contribution >= 0.6 is 11.8 Å². The van der Waals surface area contributed by atoms with Crippen LogP contribution in [0.15, 0.2) is 18.2 Å². The van der Waals surface area contributed by atoms with Gasteiger partial charge in [0.1, 0.15) is 5.82 Å². The number of aromatic amines is 1. The van der Waals surface area contributed by atoms with Crippen molar-refractivity contribution in [3.8, 4) is 0 Å². The number of carbonyl (C=O) groups is 1. The summed E-state index contributed by atoms with van der Waals surface area (Å²) in [6.45, 7) is 4.88. The van der Waals surface area contributed by atoms with E-state index in [0.717, 1.165) is 34.7 Å². The van der Waals surface area contributed by atoms with Crippen LogP contribution in [0.4, 0.5) is 10.5 Å². The molecule has 0 aliphatic heterocycles. The second-order valence-corrected chi connectivity index (χ2v) is 6.22. The average Bonchev–Trinajstić information content (AvgIpc) is 2.87. The molecule has 0 saturated carbocycles. The number of fused-ring (bicyclic) bond motifs is 1. The minimum atomic E-state index is -0.168. The van der Waals surface area contributed by atoms with Gasteiger partial charge in [0.05, 0.1) is 11.0 Å². The van der Waals surface area contributed by atoms with Crippen molar-refractivity contribution in [2.75, 3.05) is 23.9 Å². The van der Waals surface area contributed by atoms with Crippen molar-refractivity contribution in [2.45, 2.75) is 26.2 Å². The normalized spacial score (nSPS) is 11.0. The predicted octanol–water partition coefficient (Wildman–Crippen LogP) is 3.56. The fourth-order valence-corrected chi connectivity index (χ4v) is 2.41. The van der Waals surface area contributed by atoms with Gasteiger partial charge in [-0.1, -0.05) is 13.8 Å². The van der Waals surface area contributed by atoms with Crippen LogP contribution in [-0.2, 0) is 0 Å². The maximum absolute atomic E-state index is 11.8. The monoisotopic (exact) mass is 306 g/mol. The fraction of sp³-hybridized carbons (Fsp3) is 0.467. The molecule has 1 aromatic heterocycles. The molecule has 3 N–H and O–H groups in total. The maximum Gasteiger partial charge on any atom is 0.319 e. The molecule has 0 fully saturated rings. The molecular weight excluding hydrogens is 284 g/mol. The molecule has 2 aromatic rings. The summed E-state index contributed by atoms with van der Waals surface area (Å²) in [5.74, 6) is 2.37. The van der Waals surface area contributed by atoms with Crippen LogP contribution in [0.2, 0.25) is 0 Å². The van der Waals surface area contributed by atoms with Gasteiger partial charge in [-0.15, -0.1) is 0 Å². The van der Waals surface area contributed by atoms with Crippen LogP contribution in [-0.4, -0.2) is 34.6 Å². The molecule has 5 nitrogen and oxygen atoms in total. The van der Waals surface area contributed by atoms with Crippen LogP contribution in [0.5, 0.6) is 0 Å². The van der Waals surface area contributed by atoms with E-state index in [2.05, 4.69) is 40.7 Å². The molecule has 0 bridgehead atoms. The van der Waals surface area contributed by atoms with Gasteiger partial charge in [0.25, 0.3) is 0 Å². The summed E-state index contributed by atoms with van der Waals surface area (Å²) < 4.78 is 0. The number of hydrogen-bond donors (Lipinski definition) is 3. The number of aromatic nitrogens is 2. The van der Waals surface area contributed by atoms with Gasteiger partial charge in [-0.05, 0) is 36.6 Å². The number of imidazole rings is 1. The Kier molecular flexibility index (Phi) is 5.50. The number of nitrogens with one attached hydrogen (secondary N) is 3. The summed E-state index contributed by atoms with van der Waals surface area (Å²) >= 11 is 1.78. The number of urea groups is 1. The lowest BCUT2D eigenvalue weighted by atomic mass is 10.2. The Hall–Kier alpha value is -1.69. The van der Waals surface area contributed by atoms with E-state index < -0.39 is 0 Å². The first kappa shape index (κ1) is 15.7. The Morgan fingerprint density at radius 3 is 2.95 bits per heavy atom. The highest BCUT2D eigenvalue weighted by atomic mass is 32.2. The number of carbonyl (C=O) groups excluding carboxylic acids is 1. The quantitative estimate of drug-likeness (QED) is 0.715. The summed E-state index contributed by atoms with van der Waals surface area (Å²) in [6.07, 6.45) is 3.04. The van der Waals surface area contributed by atoms with Crippen molar-refractivity contribution >= 4 is 34.5 Å². The zero-order valence-electron chi connectivity index (χ0n) is 12.7. The summed E-state index contributed by atoms with van der Waals surface area (Å²) in [4.78, 5) is 19.6. The predicted molar refractivity (Wildman–Crippen MR) is 90.2 cm³/mol. The Morgan fingerprint density at radius 1 is 1.43 bits per heavy atom. The summed E-state index contributed by atoms with van der Waals surface area (Å²) in [6, 6.07) is 5.53. The molecule has 0 spiro atoms. The summed E-state index contributed by atoms with van der Waals surface area (Å²) in [5, 5.41) is 5.69. The second-order valence-electron chi connectivity index (χ2n) is 5.24. The molecule has 1 aromatic carbocycles. The minimum Gasteiger partial charge on any atom is -0.342 e. The first-order valence-electron chi connectivity index (χ1n) is 7.13. The Bertz CT molecular complexity index is 609. The van der Waals surface area contributed by atoms with Gasteiger partial charge >= 0.3 is 6.03 Å². The lowest BCUT2D eigenvalue weighted by molar-refractivity contribution is 0.252. The van der Waals surface area contributed by atoms with Crippen molar-refractivity contribution in [3.63, 3.8) is 0 Å². The van der Waals surface area contributed by atoms with Gasteiger partial charge in [-0.25, -0.2) is 9.78 Å².